The van der Waals surface area contributed by atoms with Gasteiger partial charge in [-0.05, 0) is 25.7 Å². The van der Waals surface area contributed by atoms with Crippen LogP contribution in [0.1, 0.15) is 45.4 Å². The number of carboxylic acids is 1. The Morgan fingerprint density at radius 3 is 2.78 bits per heavy atom. The van der Waals surface area contributed by atoms with Gasteiger partial charge in [0.15, 0.2) is 0 Å². The zero-order chi connectivity index (χ0) is 13.0. The molecular formula is C14H25NO2S. The third-order valence-electron chi connectivity index (χ3n) is 4.54. The lowest BCUT2D eigenvalue weighted by atomic mass is 9.83. The molecule has 1 N–H and O–H groups in total. The Morgan fingerprint density at radius 1 is 1.39 bits per heavy atom. The highest BCUT2D eigenvalue weighted by molar-refractivity contribution is 7.99. The Balaban J connectivity index is 1.95. The molecule has 0 aromatic carbocycles. The maximum absolute atomic E-state index is 11.0. The first kappa shape index (κ1) is 14.2. The van der Waals surface area contributed by atoms with Gasteiger partial charge in [0.2, 0.25) is 0 Å². The average molecular weight is 271 g/mol. The molecule has 2 fully saturated rings. The molecule has 104 valence electrons. The van der Waals surface area contributed by atoms with Crippen LogP contribution in [-0.2, 0) is 4.79 Å². The van der Waals surface area contributed by atoms with Crippen molar-refractivity contribution in [1.82, 2.24) is 4.90 Å². The first-order valence-corrected chi connectivity index (χ1v) is 8.39. The molecule has 0 aromatic rings. The van der Waals surface area contributed by atoms with E-state index in [0.29, 0.717) is 12.5 Å². The van der Waals surface area contributed by atoms with Crippen LogP contribution in [0.15, 0.2) is 0 Å². The number of hydrogen-bond donors (Lipinski definition) is 1. The van der Waals surface area contributed by atoms with Crippen LogP contribution < -0.4 is 0 Å². The van der Waals surface area contributed by atoms with Gasteiger partial charge < -0.3 is 5.11 Å². The predicted octanol–water partition coefficient (Wildman–Crippen LogP) is 2.85. The van der Waals surface area contributed by atoms with Crippen molar-refractivity contribution in [2.24, 2.45) is 5.92 Å². The monoisotopic (exact) mass is 271 g/mol. The zero-order valence-corrected chi connectivity index (χ0v) is 12.1. The minimum absolute atomic E-state index is 0.248. The topological polar surface area (TPSA) is 40.5 Å². The van der Waals surface area contributed by atoms with Gasteiger partial charge in [-0.15, -0.1) is 0 Å². The standard InChI is InChI=1S/C14H25NO2S/c1-11(12-5-3-2-4-6-12)15-7-8-18-10-13(15)9-14(16)17/h11-13H,2-10H2,1H3,(H,16,17). The maximum atomic E-state index is 11.0. The van der Waals surface area contributed by atoms with Crippen molar-refractivity contribution in [2.75, 3.05) is 18.1 Å². The molecule has 18 heavy (non-hydrogen) atoms. The maximum Gasteiger partial charge on any atom is 0.304 e. The van der Waals surface area contributed by atoms with Crippen LogP contribution in [-0.4, -0.2) is 46.1 Å². The molecule has 2 atom stereocenters. The van der Waals surface area contributed by atoms with E-state index in [0.717, 1.165) is 24.0 Å². The Morgan fingerprint density at radius 2 is 2.11 bits per heavy atom. The van der Waals surface area contributed by atoms with Gasteiger partial charge in [-0.3, -0.25) is 9.69 Å². The van der Waals surface area contributed by atoms with Gasteiger partial charge >= 0.3 is 5.97 Å². The summed E-state index contributed by atoms with van der Waals surface area (Å²) in [5.41, 5.74) is 0. The molecule has 2 rings (SSSR count). The van der Waals surface area contributed by atoms with Crippen molar-refractivity contribution >= 4 is 17.7 Å². The third-order valence-corrected chi connectivity index (χ3v) is 5.63. The lowest BCUT2D eigenvalue weighted by Crippen LogP contribution is -2.51. The Labute approximate surface area is 114 Å². The van der Waals surface area contributed by atoms with Gasteiger partial charge in [0.25, 0.3) is 0 Å². The van der Waals surface area contributed by atoms with E-state index >= 15 is 0 Å². The van der Waals surface area contributed by atoms with Gasteiger partial charge in [-0.2, -0.15) is 11.8 Å². The smallest absolute Gasteiger partial charge is 0.304 e. The van der Waals surface area contributed by atoms with E-state index in [9.17, 15) is 4.79 Å². The van der Waals surface area contributed by atoms with E-state index in [-0.39, 0.29) is 6.04 Å². The fourth-order valence-electron chi connectivity index (χ4n) is 3.47. The van der Waals surface area contributed by atoms with Gasteiger partial charge in [0.05, 0.1) is 6.42 Å². The number of nitrogens with zero attached hydrogens (tertiary/aromatic N) is 1. The van der Waals surface area contributed by atoms with E-state index in [1.54, 1.807) is 0 Å². The van der Waals surface area contributed by atoms with Crippen molar-refractivity contribution in [3.8, 4) is 0 Å². The van der Waals surface area contributed by atoms with Crippen LogP contribution in [0.3, 0.4) is 0 Å². The second kappa shape index (κ2) is 6.80. The number of carboxylic acid groups (broad SMARTS) is 1. The van der Waals surface area contributed by atoms with Gasteiger partial charge in [0, 0.05) is 30.1 Å². The van der Waals surface area contributed by atoms with E-state index in [4.69, 9.17) is 5.11 Å². The molecule has 1 aliphatic heterocycles. The molecule has 1 saturated heterocycles. The number of carbonyl (C=O) groups is 1. The summed E-state index contributed by atoms with van der Waals surface area (Å²) in [7, 11) is 0. The highest BCUT2D eigenvalue weighted by Crippen LogP contribution is 2.32. The Kier molecular flexibility index (Phi) is 5.37. The summed E-state index contributed by atoms with van der Waals surface area (Å²) in [6, 6.07) is 0.814. The van der Waals surface area contributed by atoms with Gasteiger partial charge in [-0.25, -0.2) is 0 Å². The predicted molar refractivity (Wildman–Crippen MR) is 76.1 cm³/mol. The lowest BCUT2D eigenvalue weighted by molar-refractivity contribution is -0.138. The molecule has 0 radical (unpaired) electrons. The van der Waals surface area contributed by atoms with Crippen LogP contribution in [0.4, 0.5) is 0 Å². The van der Waals surface area contributed by atoms with Crippen molar-refractivity contribution < 1.29 is 9.90 Å². The molecule has 0 aromatic heterocycles. The normalized spacial score (nSPS) is 29.1. The summed E-state index contributed by atoms with van der Waals surface area (Å²) in [4.78, 5) is 13.5. The fourth-order valence-corrected chi connectivity index (χ4v) is 4.56. The molecule has 3 nitrogen and oxygen atoms in total. The van der Waals surface area contributed by atoms with E-state index in [2.05, 4.69) is 11.8 Å². The lowest BCUT2D eigenvalue weighted by Gasteiger charge is -2.43. The molecule has 2 unspecified atom stereocenters. The minimum Gasteiger partial charge on any atom is -0.481 e. The third kappa shape index (κ3) is 3.64. The van der Waals surface area contributed by atoms with Crippen LogP contribution >= 0.6 is 11.8 Å². The van der Waals surface area contributed by atoms with Gasteiger partial charge in [-0.1, -0.05) is 19.3 Å². The summed E-state index contributed by atoms with van der Waals surface area (Å²) in [6.07, 6.45) is 7.10. The Bertz CT molecular complexity index is 279. The van der Waals surface area contributed by atoms with E-state index < -0.39 is 5.97 Å². The van der Waals surface area contributed by atoms with E-state index in [1.165, 1.54) is 32.1 Å². The second-order valence-electron chi connectivity index (χ2n) is 5.70. The number of aliphatic carboxylic acids is 1. The molecule has 0 amide bonds. The molecule has 0 spiro atoms. The highest BCUT2D eigenvalue weighted by Gasteiger charge is 2.32. The molecule has 0 bridgehead atoms. The number of rotatable bonds is 4. The average Bonchev–Trinajstić information content (AvgIpc) is 2.39. The number of thioether (sulfide) groups is 1. The van der Waals surface area contributed by atoms with E-state index in [1.807, 2.05) is 11.8 Å². The summed E-state index contributed by atoms with van der Waals surface area (Å²) in [5, 5.41) is 9.04. The second-order valence-corrected chi connectivity index (χ2v) is 6.85. The van der Waals surface area contributed by atoms with Crippen LogP contribution in [0.2, 0.25) is 0 Å². The quantitative estimate of drug-likeness (QED) is 0.853. The molecule has 2 aliphatic rings. The highest BCUT2D eigenvalue weighted by atomic mass is 32.2. The SMILES string of the molecule is CC(C1CCCCC1)N1CCSCC1CC(=O)O. The molecular weight excluding hydrogens is 246 g/mol. The summed E-state index contributed by atoms with van der Waals surface area (Å²) < 4.78 is 0. The molecule has 1 saturated carbocycles. The molecule has 4 heteroatoms. The molecule has 1 heterocycles. The largest absolute Gasteiger partial charge is 0.481 e. The summed E-state index contributed by atoms with van der Waals surface area (Å²) >= 11 is 1.91. The Hall–Kier alpha value is -0.220. The molecule has 1 aliphatic carbocycles. The van der Waals surface area contributed by atoms with Crippen LogP contribution in [0, 0.1) is 5.92 Å². The van der Waals surface area contributed by atoms with Gasteiger partial charge in [0.1, 0.15) is 0 Å². The van der Waals surface area contributed by atoms with Crippen molar-refractivity contribution in [3.63, 3.8) is 0 Å². The first-order valence-electron chi connectivity index (χ1n) is 7.23. The fraction of sp³-hybridized carbons (Fsp3) is 0.929. The van der Waals surface area contributed by atoms with Crippen molar-refractivity contribution in [2.45, 2.75) is 57.5 Å². The van der Waals surface area contributed by atoms with Crippen molar-refractivity contribution in [3.05, 3.63) is 0 Å². The van der Waals surface area contributed by atoms with Crippen molar-refractivity contribution in [1.29, 1.82) is 0 Å². The summed E-state index contributed by atoms with van der Waals surface area (Å²) in [6.45, 7) is 3.39. The first-order chi connectivity index (χ1) is 8.68. The number of hydrogen-bond acceptors (Lipinski definition) is 3. The minimum atomic E-state index is -0.650. The van der Waals surface area contributed by atoms with Crippen LogP contribution in [0.5, 0.6) is 0 Å². The zero-order valence-electron chi connectivity index (χ0n) is 11.3. The van der Waals surface area contributed by atoms with Crippen LogP contribution in [0.25, 0.3) is 0 Å². The summed E-state index contributed by atoms with van der Waals surface area (Å²) in [5.74, 6) is 2.29.